The van der Waals surface area contributed by atoms with Gasteiger partial charge in [-0.2, -0.15) is 0 Å². The molecule has 1 amide bonds. The van der Waals surface area contributed by atoms with Gasteiger partial charge < -0.3 is 15.2 Å². The number of aromatic nitrogens is 1. The van der Waals surface area contributed by atoms with Crippen LogP contribution in [-0.4, -0.2) is 17.6 Å². The van der Waals surface area contributed by atoms with Crippen LogP contribution in [0.2, 0.25) is 0 Å². The van der Waals surface area contributed by atoms with Crippen LogP contribution in [0.4, 0.5) is 11.5 Å². The fourth-order valence-electron chi connectivity index (χ4n) is 1.55. The van der Waals surface area contributed by atoms with E-state index in [9.17, 15) is 4.79 Å². The lowest BCUT2D eigenvalue weighted by Crippen LogP contribution is -2.22. The number of rotatable bonds is 4. The van der Waals surface area contributed by atoms with Crippen molar-refractivity contribution in [3.8, 4) is 0 Å². The number of amides is 1. The molecule has 0 saturated heterocycles. The Labute approximate surface area is 119 Å². The minimum atomic E-state index is -0.180. The van der Waals surface area contributed by atoms with E-state index in [1.54, 1.807) is 13.0 Å². The second-order valence-electron chi connectivity index (χ2n) is 4.21. The molecule has 0 unspecified atom stereocenters. The zero-order valence-electron chi connectivity index (χ0n) is 10.7. The van der Waals surface area contributed by atoms with Crippen LogP contribution in [0.3, 0.4) is 0 Å². The summed E-state index contributed by atoms with van der Waals surface area (Å²) in [6, 6.07) is 7.56. The normalized spacial score (nSPS) is 10.3. The molecule has 0 radical (unpaired) electrons. The number of nitrogens with one attached hydrogen (secondary N) is 2. The first-order valence-electron chi connectivity index (χ1n) is 5.78. The molecule has 0 spiro atoms. The van der Waals surface area contributed by atoms with Gasteiger partial charge in [0, 0.05) is 16.2 Å². The maximum Gasteiger partial charge on any atom is 0.244 e. The van der Waals surface area contributed by atoms with Gasteiger partial charge in [0.2, 0.25) is 5.91 Å². The van der Waals surface area contributed by atoms with Crippen molar-refractivity contribution in [3.05, 3.63) is 40.1 Å². The van der Waals surface area contributed by atoms with Crippen LogP contribution < -0.4 is 10.6 Å². The van der Waals surface area contributed by atoms with Gasteiger partial charge in [0.1, 0.15) is 5.76 Å². The van der Waals surface area contributed by atoms with E-state index in [1.807, 2.05) is 25.1 Å². The highest BCUT2D eigenvalue weighted by molar-refractivity contribution is 9.10. The van der Waals surface area contributed by atoms with Crippen LogP contribution in [-0.2, 0) is 4.79 Å². The van der Waals surface area contributed by atoms with Gasteiger partial charge in [0.05, 0.1) is 6.54 Å². The Balaban J connectivity index is 1.89. The third-order valence-electron chi connectivity index (χ3n) is 2.46. The Bertz CT molecular complexity index is 595. The zero-order chi connectivity index (χ0) is 13.8. The van der Waals surface area contributed by atoms with Crippen LogP contribution in [0.15, 0.2) is 33.3 Å². The lowest BCUT2D eigenvalue weighted by atomic mass is 10.2. The van der Waals surface area contributed by atoms with E-state index in [0.29, 0.717) is 11.6 Å². The number of halogens is 1. The second kappa shape index (κ2) is 5.88. The summed E-state index contributed by atoms with van der Waals surface area (Å²) >= 11 is 3.45. The molecule has 0 saturated carbocycles. The first-order chi connectivity index (χ1) is 9.04. The summed E-state index contributed by atoms with van der Waals surface area (Å²) in [4.78, 5) is 11.7. The van der Waals surface area contributed by atoms with Crippen molar-refractivity contribution >= 4 is 33.3 Å². The lowest BCUT2D eigenvalue weighted by Gasteiger charge is -2.08. The summed E-state index contributed by atoms with van der Waals surface area (Å²) in [7, 11) is 0. The van der Waals surface area contributed by atoms with Gasteiger partial charge in [-0.3, -0.25) is 4.79 Å². The van der Waals surface area contributed by atoms with Gasteiger partial charge >= 0.3 is 0 Å². The molecule has 19 heavy (non-hydrogen) atoms. The summed E-state index contributed by atoms with van der Waals surface area (Å²) < 4.78 is 5.80. The Morgan fingerprint density at radius 3 is 2.79 bits per heavy atom. The molecule has 5 nitrogen and oxygen atoms in total. The Morgan fingerprint density at radius 2 is 2.16 bits per heavy atom. The van der Waals surface area contributed by atoms with Crippen molar-refractivity contribution in [1.82, 2.24) is 5.16 Å². The van der Waals surface area contributed by atoms with Crippen molar-refractivity contribution in [2.45, 2.75) is 13.8 Å². The topological polar surface area (TPSA) is 67.2 Å². The van der Waals surface area contributed by atoms with Gasteiger partial charge in [-0.15, -0.1) is 0 Å². The standard InChI is InChI=1S/C13H14BrN3O2/c1-8-3-4-11(10(14)5-8)15-7-13(18)16-12-6-9(2)19-17-12/h3-6,15H,7H2,1-2H3,(H,16,17,18). The number of hydrogen-bond donors (Lipinski definition) is 2. The highest BCUT2D eigenvalue weighted by Crippen LogP contribution is 2.23. The van der Waals surface area contributed by atoms with E-state index >= 15 is 0 Å². The highest BCUT2D eigenvalue weighted by Gasteiger charge is 2.07. The average molecular weight is 324 g/mol. The monoisotopic (exact) mass is 323 g/mol. The molecule has 2 aromatic rings. The molecule has 0 bridgehead atoms. The van der Waals surface area contributed by atoms with E-state index in [-0.39, 0.29) is 12.5 Å². The van der Waals surface area contributed by atoms with Crippen LogP contribution >= 0.6 is 15.9 Å². The predicted molar refractivity (Wildman–Crippen MR) is 77.2 cm³/mol. The van der Waals surface area contributed by atoms with Crippen LogP contribution in [0.25, 0.3) is 0 Å². The number of anilines is 2. The maximum absolute atomic E-state index is 11.7. The molecule has 100 valence electrons. The van der Waals surface area contributed by atoms with Crippen LogP contribution in [0.5, 0.6) is 0 Å². The SMILES string of the molecule is Cc1ccc(NCC(=O)Nc2cc(C)on2)c(Br)c1. The van der Waals surface area contributed by atoms with Gasteiger partial charge in [-0.1, -0.05) is 11.2 Å². The molecule has 0 aliphatic heterocycles. The van der Waals surface area contributed by atoms with E-state index < -0.39 is 0 Å². The summed E-state index contributed by atoms with van der Waals surface area (Å²) in [5.74, 6) is 0.901. The minimum Gasteiger partial charge on any atom is -0.375 e. The first-order valence-corrected chi connectivity index (χ1v) is 6.57. The molecule has 1 aromatic heterocycles. The Hall–Kier alpha value is -1.82. The molecule has 6 heteroatoms. The third kappa shape index (κ3) is 3.82. The molecule has 0 atom stereocenters. The largest absolute Gasteiger partial charge is 0.375 e. The number of aryl methyl sites for hydroxylation is 2. The molecule has 0 fully saturated rings. The van der Waals surface area contributed by atoms with Gasteiger partial charge in [-0.05, 0) is 47.5 Å². The number of carbonyl (C=O) groups excluding carboxylic acids is 1. The summed E-state index contributed by atoms with van der Waals surface area (Å²) in [5.41, 5.74) is 2.03. The van der Waals surface area contributed by atoms with Crippen molar-refractivity contribution in [2.75, 3.05) is 17.2 Å². The van der Waals surface area contributed by atoms with Crippen LogP contribution in [0, 0.1) is 13.8 Å². The van der Waals surface area contributed by atoms with Gasteiger partial charge in [0.25, 0.3) is 0 Å². The molecule has 1 heterocycles. The van der Waals surface area contributed by atoms with E-state index in [2.05, 4.69) is 31.7 Å². The molecular formula is C13H14BrN3O2. The smallest absolute Gasteiger partial charge is 0.244 e. The molecule has 0 aliphatic carbocycles. The molecular weight excluding hydrogens is 310 g/mol. The third-order valence-corrected chi connectivity index (χ3v) is 3.12. The predicted octanol–water partition coefficient (Wildman–Crippen LogP) is 3.10. The fraction of sp³-hybridized carbons (Fsp3) is 0.231. The lowest BCUT2D eigenvalue weighted by molar-refractivity contribution is -0.114. The van der Waals surface area contributed by atoms with Crippen molar-refractivity contribution in [1.29, 1.82) is 0 Å². The Morgan fingerprint density at radius 1 is 1.37 bits per heavy atom. The Kier molecular flexibility index (Phi) is 4.21. The number of benzene rings is 1. The molecule has 2 rings (SSSR count). The molecule has 2 N–H and O–H groups in total. The average Bonchev–Trinajstić information content (AvgIpc) is 2.73. The van der Waals surface area contributed by atoms with Crippen molar-refractivity contribution in [2.24, 2.45) is 0 Å². The molecule has 1 aromatic carbocycles. The number of hydrogen-bond acceptors (Lipinski definition) is 4. The summed E-state index contributed by atoms with van der Waals surface area (Å²) in [5, 5.41) is 9.39. The summed E-state index contributed by atoms with van der Waals surface area (Å²) in [6.45, 7) is 3.94. The van der Waals surface area contributed by atoms with Crippen molar-refractivity contribution in [3.63, 3.8) is 0 Å². The zero-order valence-corrected chi connectivity index (χ0v) is 12.2. The quantitative estimate of drug-likeness (QED) is 0.907. The first kappa shape index (κ1) is 13.6. The van der Waals surface area contributed by atoms with Gasteiger partial charge in [0.15, 0.2) is 5.82 Å². The minimum absolute atomic E-state index is 0.160. The van der Waals surface area contributed by atoms with E-state index in [1.165, 1.54) is 0 Å². The molecule has 0 aliphatic rings. The number of nitrogens with zero attached hydrogens (tertiary/aromatic N) is 1. The van der Waals surface area contributed by atoms with Crippen LogP contribution in [0.1, 0.15) is 11.3 Å². The number of carbonyl (C=O) groups is 1. The van der Waals surface area contributed by atoms with E-state index in [0.717, 1.165) is 15.7 Å². The van der Waals surface area contributed by atoms with Crippen molar-refractivity contribution < 1.29 is 9.32 Å². The van der Waals surface area contributed by atoms with Gasteiger partial charge in [-0.25, -0.2) is 0 Å². The van der Waals surface area contributed by atoms with E-state index in [4.69, 9.17) is 4.52 Å². The maximum atomic E-state index is 11.7. The second-order valence-corrected chi connectivity index (χ2v) is 5.06. The highest BCUT2D eigenvalue weighted by atomic mass is 79.9. The summed E-state index contributed by atoms with van der Waals surface area (Å²) in [6.07, 6.45) is 0. The fourth-order valence-corrected chi connectivity index (χ4v) is 2.18.